The topological polar surface area (TPSA) is 80.4 Å². The van der Waals surface area contributed by atoms with Crippen LogP contribution in [-0.2, 0) is 5.41 Å². The van der Waals surface area contributed by atoms with Crippen LogP contribution in [0.3, 0.4) is 0 Å². The van der Waals surface area contributed by atoms with Crippen LogP contribution in [0.25, 0.3) is 5.65 Å². The first-order valence-electron chi connectivity index (χ1n) is 5.27. The lowest BCUT2D eigenvalue weighted by Gasteiger charge is -2.14. The molecule has 0 saturated carbocycles. The predicted octanol–water partition coefficient (Wildman–Crippen LogP) is 1.43. The second kappa shape index (κ2) is 3.51. The molecule has 0 aliphatic rings. The Morgan fingerprint density at radius 1 is 1.41 bits per heavy atom. The van der Waals surface area contributed by atoms with Crippen molar-refractivity contribution in [1.29, 1.82) is 0 Å². The van der Waals surface area contributed by atoms with E-state index in [2.05, 4.69) is 15.3 Å². The van der Waals surface area contributed by atoms with Crippen LogP contribution in [-0.4, -0.2) is 30.9 Å². The highest BCUT2D eigenvalue weighted by molar-refractivity contribution is 5.86. The van der Waals surface area contributed by atoms with E-state index in [-0.39, 0.29) is 11.1 Å². The molecule has 0 saturated heterocycles. The second-order valence-corrected chi connectivity index (χ2v) is 5.01. The summed E-state index contributed by atoms with van der Waals surface area (Å²) < 4.78 is 1.27. The highest BCUT2D eigenvalue weighted by Gasteiger charge is 2.24. The summed E-state index contributed by atoms with van der Waals surface area (Å²) in [4.78, 5) is 15.4. The van der Waals surface area contributed by atoms with Gasteiger partial charge in [-0.05, 0) is 13.0 Å². The molecule has 0 amide bonds. The average molecular weight is 234 g/mol. The third kappa shape index (κ3) is 1.86. The zero-order chi connectivity index (χ0) is 12.8. The van der Waals surface area contributed by atoms with Gasteiger partial charge in [-0.15, -0.1) is 5.10 Å². The zero-order valence-corrected chi connectivity index (χ0v) is 10.2. The zero-order valence-electron chi connectivity index (χ0n) is 10.2. The number of aryl methyl sites for hydroxylation is 1. The van der Waals surface area contributed by atoms with Crippen molar-refractivity contribution in [2.24, 2.45) is 0 Å². The van der Waals surface area contributed by atoms with E-state index in [0.717, 1.165) is 0 Å². The van der Waals surface area contributed by atoms with Crippen molar-refractivity contribution in [2.75, 3.05) is 0 Å². The Hall–Kier alpha value is -1.98. The second-order valence-electron chi connectivity index (χ2n) is 5.01. The van der Waals surface area contributed by atoms with Gasteiger partial charge in [0, 0.05) is 11.1 Å². The Balaban J connectivity index is 2.83. The van der Waals surface area contributed by atoms with Crippen LogP contribution in [0.5, 0.6) is 0 Å². The van der Waals surface area contributed by atoms with E-state index in [1.807, 2.05) is 20.8 Å². The highest BCUT2D eigenvalue weighted by atomic mass is 16.4. The van der Waals surface area contributed by atoms with Crippen LogP contribution in [0.1, 0.15) is 42.6 Å². The molecule has 90 valence electrons. The van der Waals surface area contributed by atoms with Crippen molar-refractivity contribution in [3.63, 3.8) is 0 Å². The third-order valence-electron chi connectivity index (χ3n) is 2.43. The molecule has 2 aromatic rings. The number of nitrogens with zero attached hydrogens (tertiary/aromatic N) is 4. The Labute approximate surface area is 98.3 Å². The number of carboxylic acid groups (broad SMARTS) is 1. The molecular formula is C11H14N4O2. The molecule has 2 aromatic heterocycles. The van der Waals surface area contributed by atoms with E-state index in [1.165, 1.54) is 10.6 Å². The maximum absolute atomic E-state index is 11.1. The molecule has 2 heterocycles. The largest absolute Gasteiger partial charge is 0.477 e. The molecule has 0 unspecified atom stereocenters. The summed E-state index contributed by atoms with van der Waals surface area (Å²) in [6.45, 7) is 7.72. The fraction of sp³-hybridized carbons (Fsp3) is 0.455. The summed E-state index contributed by atoms with van der Waals surface area (Å²) in [6, 6.07) is 1.48. The number of rotatable bonds is 1. The first kappa shape index (κ1) is 11.5. The van der Waals surface area contributed by atoms with Crippen molar-refractivity contribution in [3.05, 3.63) is 23.1 Å². The van der Waals surface area contributed by atoms with Gasteiger partial charge in [-0.2, -0.15) is 4.52 Å². The van der Waals surface area contributed by atoms with Gasteiger partial charge in [0.25, 0.3) is 0 Å². The SMILES string of the molecule is Cc1cc(C(=O)O)n2nnc(C(C)(C)C)c2n1. The molecular weight excluding hydrogens is 220 g/mol. The number of fused-ring (bicyclic) bond motifs is 1. The number of aromatic nitrogens is 4. The van der Waals surface area contributed by atoms with Crippen LogP contribution in [0.4, 0.5) is 0 Å². The van der Waals surface area contributed by atoms with Gasteiger partial charge < -0.3 is 5.11 Å². The summed E-state index contributed by atoms with van der Waals surface area (Å²) in [6.07, 6.45) is 0. The minimum absolute atomic E-state index is 0.0792. The summed E-state index contributed by atoms with van der Waals surface area (Å²) in [5, 5.41) is 17.0. The van der Waals surface area contributed by atoms with Crippen molar-refractivity contribution < 1.29 is 9.90 Å². The number of hydrogen-bond acceptors (Lipinski definition) is 4. The predicted molar refractivity (Wildman–Crippen MR) is 61.2 cm³/mol. The molecule has 0 atom stereocenters. The number of hydrogen-bond donors (Lipinski definition) is 1. The normalized spacial score (nSPS) is 12.0. The highest BCUT2D eigenvalue weighted by Crippen LogP contribution is 2.23. The van der Waals surface area contributed by atoms with Gasteiger partial charge in [-0.3, -0.25) is 0 Å². The molecule has 0 aromatic carbocycles. The summed E-state index contributed by atoms with van der Waals surface area (Å²) in [7, 11) is 0. The molecule has 0 spiro atoms. The Bertz CT molecular complexity index is 595. The lowest BCUT2D eigenvalue weighted by Crippen LogP contribution is -2.14. The molecule has 6 heteroatoms. The van der Waals surface area contributed by atoms with Gasteiger partial charge in [0.2, 0.25) is 0 Å². The quantitative estimate of drug-likeness (QED) is 0.807. The molecule has 6 nitrogen and oxygen atoms in total. The molecule has 0 radical (unpaired) electrons. The van der Waals surface area contributed by atoms with E-state index >= 15 is 0 Å². The van der Waals surface area contributed by atoms with E-state index < -0.39 is 5.97 Å². The van der Waals surface area contributed by atoms with E-state index in [0.29, 0.717) is 17.0 Å². The van der Waals surface area contributed by atoms with Crippen LogP contribution < -0.4 is 0 Å². The van der Waals surface area contributed by atoms with Crippen molar-refractivity contribution in [3.8, 4) is 0 Å². The van der Waals surface area contributed by atoms with Gasteiger partial charge in [-0.1, -0.05) is 26.0 Å². The van der Waals surface area contributed by atoms with Gasteiger partial charge in [0.15, 0.2) is 11.3 Å². The smallest absolute Gasteiger partial charge is 0.354 e. The first-order valence-corrected chi connectivity index (χ1v) is 5.27. The molecule has 2 rings (SSSR count). The number of aromatic carboxylic acids is 1. The maximum Gasteiger partial charge on any atom is 0.354 e. The third-order valence-corrected chi connectivity index (χ3v) is 2.43. The lowest BCUT2D eigenvalue weighted by molar-refractivity contribution is 0.0686. The van der Waals surface area contributed by atoms with Crippen LogP contribution in [0, 0.1) is 6.92 Å². The molecule has 1 N–H and O–H groups in total. The Morgan fingerprint density at radius 3 is 2.59 bits per heavy atom. The minimum atomic E-state index is -1.04. The van der Waals surface area contributed by atoms with Crippen molar-refractivity contribution in [2.45, 2.75) is 33.1 Å². The molecule has 17 heavy (non-hydrogen) atoms. The molecule has 0 bridgehead atoms. The fourth-order valence-corrected chi connectivity index (χ4v) is 1.64. The maximum atomic E-state index is 11.1. The lowest BCUT2D eigenvalue weighted by atomic mass is 9.92. The number of carbonyl (C=O) groups is 1. The van der Waals surface area contributed by atoms with Crippen LogP contribution in [0.15, 0.2) is 6.07 Å². The minimum Gasteiger partial charge on any atom is -0.477 e. The van der Waals surface area contributed by atoms with Gasteiger partial charge >= 0.3 is 5.97 Å². The number of carboxylic acids is 1. The van der Waals surface area contributed by atoms with Gasteiger partial charge in [0.1, 0.15) is 5.69 Å². The van der Waals surface area contributed by atoms with E-state index in [4.69, 9.17) is 5.11 Å². The molecule has 0 fully saturated rings. The van der Waals surface area contributed by atoms with Crippen molar-refractivity contribution >= 4 is 11.6 Å². The standard InChI is InChI=1S/C11H14N4O2/c1-6-5-7(10(16)17)15-9(12-6)8(13-14-15)11(2,3)4/h5H,1-4H3,(H,16,17). The fourth-order valence-electron chi connectivity index (χ4n) is 1.64. The molecule has 0 aliphatic carbocycles. The van der Waals surface area contributed by atoms with Gasteiger partial charge in [-0.25, -0.2) is 9.78 Å². The van der Waals surface area contributed by atoms with Gasteiger partial charge in [0.05, 0.1) is 0 Å². The van der Waals surface area contributed by atoms with E-state index in [1.54, 1.807) is 6.92 Å². The summed E-state index contributed by atoms with van der Waals surface area (Å²) in [5.41, 5.74) is 1.70. The Kier molecular flexibility index (Phi) is 2.38. The Morgan fingerprint density at radius 2 is 2.06 bits per heavy atom. The van der Waals surface area contributed by atoms with E-state index in [9.17, 15) is 4.79 Å². The first-order chi connectivity index (χ1) is 7.80. The molecule has 0 aliphatic heterocycles. The summed E-state index contributed by atoms with van der Waals surface area (Å²) in [5.74, 6) is -1.04. The van der Waals surface area contributed by atoms with Crippen LogP contribution >= 0.6 is 0 Å². The van der Waals surface area contributed by atoms with Crippen molar-refractivity contribution in [1.82, 2.24) is 19.8 Å². The summed E-state index contributed by atoms with van der Waals surface area (Å²) >= 11 is 0. The monoisotopic (exact) mass is 234 g/mol. The average Bonchev–Trinajstić information content (AvgIpc) is 2.58. The van der Waals surface area contributed by atoms with Crippen LogP contribution in [0.2, 0.25) is 0 Å².